The maximum Gasteiger partial charge on any atom is 0.126 e. The minimum Gasteiger partial charge on any atom is -0.486 e. The molecule has 0 radical (unpaired) electrons. The van der Waals surface area contributed by atoms with Gasteiger partial charge in [-0.05, 0) is 66.9 Å². The van der Waals surface area contributed by atoms with Gasteiger partial charge in [-0.15, -0.1) is 0 Å². The van der Waals surface area contributed by atoms with Crippen LogP contribution >= 0.6 is 0 Å². The predicted molar refractivity (Wildman–Crippen MR) is 125 cm³/mol. The van der Waals surface area contributed by atoms with Crippen LogP contribution in [0.3, 0.4) is 0 Å². The molecule has 0 spiro atoms. The molecule has 3 nitrogen and oxygen atoms in total. The van der Waals surface area contributed by atoms with E-state index in [4.69, 9.17) is 4.74 Å². The molecule has 32 heavy (non-hydrogen) atoms. The zero-order valence-corrected chi connectivity index (χ0v) is 18.7. The van der Waals surface area contributed by atoms with Crippen LogP contribution in [-0.4, -0.2) is 37.6 Å². The van der Waals surface area contributed by atoms with Gasteiger partial charge in [-0.1, -0.05) is 30.3 Å². The Balaban J connectivity index is 1.39. The highest BCUT2D eigenvalue weighted by Crippen LogP contribution is 2.27. The third-order valence-electron chi connectivity index (χ3n) is 6.19. The molecule has 0 saturated carbocycles. The molecule has 5 heteroatoms. The summed E-state index contributed by atoms with van der Waals surface area (Å²) in [6, 6.07) is 19.8. The van der Waals surface area contributed by atoms with Crippen molar-refractivity contribution in [3.63, 3.8) is 0 Å². The molecule has 0 amide bonds. The Kier molecular flexibility index (Phi) is 7.05. The summed E-state index contributed by atoms with van der Waals surface area (Å²) in [7, 11) is 0. The van der Waals surface area contributed by atoms with Gasteiger partial charge in [0.25, 0.3) is 0 Å². The fraction of sp³-hybridized carbons (Fsp3) is 0.333. The highest BCUT2D eigenvalue weighted by atomic mass is 19.1. The Morgan fingerprint density at radius 2 is 1.56 bits per heavy atom. The molecule has 1 fully saturated rings. The van der Waals surface area contributed by atoms with Crippen molar-refractivity contribution in [2.75, 3.05) is 37.6 Å². The second kappa shape index (κ2) is 10.1. The average Bonchev–Trinajstić information content (AvgIpc) is 2.80. The first kappa shape index (κ1) is 22.3. The van der Waals surface area contributed by atoms with Crippen LogP contribution in [0, 0.1) is 25.5 Å². The first-order valence-corrected chi connectivity index (χ1v) is 11.2. The molecule has 0 aliphatic carbocycles. The minimum atomic E-state index is -0.266. The van der Waals surface area contributed by atoms with Crippen molar-refractivity contribution in [1.29, 1.82) is 0 Å². The Morgan fingerprint density at radius 1 is 0.844 bits per heavy atom. The minimum absolute atomic E-state index is 0.227. The highest BCUT2D eigenvalue weighted by molar-refractivity contribution is 5.53. The van der Waals surface area contributed by atoms with Crippen LogP contribution < -0.4 is 9.64 Å². The summed E-state index contributed by atoms with van der Waals surface area (Å²) < 4.78 is 33.4. The molecule has 3 aromatic carbocycles. The number of nitrogens with zero attached hydrogens (tertiary/aromatic N) is 2. The number of benzene rings is 3. The van der Waals surface area contributed by atoms with E-state index in [1.54, 1.807) is 31.2 Å². The number of anilines is 1. The second-order valence-corrected chi connectivity index (χ2v) is 8.47. The molecular formula is C27H30F2N2O. The van der Waals surface area contributed by atoms with Gasteiger partial charge in [-0.2, -0.15) is 0 Å². The Hall–Kier alpha value is -2.92. The molecule has 4 rings (SSSR count). The topological polar surface area (TPSA) is 15.7 Å². The molecule has 168 valence electrons. The van der Waals surface area contributed by atoms with E-state index in [0.717, 1.165) is 44.7 Å². The molecule has 0 N–H and O–H groups in total. The van der Waals surface area contributed by atoms with Gasteiger partial charge in [0.15, 0.2) is 0 Å². The fourth-order valence-electron chi connectivity index (χ4n) is 4.26. The van der Waals surface area contributed by atoms with E-state index in [0.29, 0.717) is 11.3 Å². The van der Waals surface area contributed by atoms with Gasteiger partial charge >= 0.3 is 0 Å². The lowest BCUT2D eigenvalue weighted by Crippen LogP contribution is -2.47. The Labute approximate surface area is 189 Å². The molecule has 1 atom stereocenters. The molecule has 1 saturated heterocycles. The van der Waals surface area contributed by atoms with Crippen LogP contribution in [0.4, 0.5) is 14.5 Å². The van der Waals surface area contributed by atoms with Crippen LogP contribution in [0.25, 0.3) is 0 Å². The number of para-hydroxylation sites is 1. The maximum absolute atomic E-state index is 13.7. The quantitative estimate of drug-likeness (QED) is 0.458. The third-order valence-corrected chi connectivity index (χ3v) is 6.19. The number of halogens is 2. The summed E-state index contributed by atoms with van der Waals surface area (Å²) in [5.41, 5.74) is 4.09. The highest BCUT2D eigenvalue weighted by Gasteiger charge is 2.21. The van der Waals surface area contributed by atoms with Crippen LogP contribution in [0.15, 0.2) is 66.7 Å². The van der Waals surface area contributed by atoms with Gasteiger partial charge < -0.3 is 9.64 Å². The monoisotopic (exact) mass is 436 g/mol. The molecule has 1 aliphatic rings. The van der Waals surface area contributed by atoms with Crippen molar-refractivity contribution in [3.8, 4) is 5.75 Å². The standard InChI is InChI=1S/C27H30F2N2O/c1-20-5-3-4-6-26(20)31-17-15-30(16-18-31)14-13-27(22-7-9-23(28)10-8-22)32-24-11-12-25(29)21(2)19-24/h3-12,19,27H,13-18H2,1-2H3/t27-/m1/s1. The number of hydrogen-bond acceptors (Lipinski definition) is 3. The van der Waals surface area contributed by atoms with Gasteiger partial charge in [0.2, 0.25) is 0 Å². The van der Waals surface area contributed by atoms with Gasteiger partial charge in [0.1, 0.15) is 23.5 Å². The van der Waals surface area contributed by atoms with Crippen molar-refractivity contribution in [3.05, 3.63) is 95.1 Å². The molecule has 0 bridgehead atoms. The number of rotatable bonds is 7. The van der Waals surface area contributed by atoms with Crippen molar-refractivity contribution >= 4 is 5.69 Å². The summed E-state index contributed by atoms with van der Waals surface area (Å²) in [5.74, 6) is 0.113. The van der Waals surface area contributed by atoms with Gasteiger partial charge in [0, 0.05) is 44.8 Å². The fourth-order valence-corrected chi connectivity index (χ4v) is 4.26. The zero-order chi connectivity index (χ0) is 22.5. The summed E-state index contributed by atoms with van der Waals surface area (Å²) in [5, 5.41) is 0. The third kappa shape index (κ3) is 5.46. The van der Waals surface area contributed by atoms with E-state index in [2.05, 4.69) is 41.0 Å². The van der Waals surface area contributed by atoms with E-state index in [-0.39, 0.29) is 17.7 Å². The largest absolute Gasteiger partial charge is 0.486 e. The number of hydrogen-bond donors (Lipinski definition) is 0. The van der Waals surface area contributed by atoms with Crippen LogP contribution in [0.2, 0.25) is 0 Å². The van der Waals surface area contributed by atoms with Crippen LogP contribution in [0.5, 0.6) is 5.75 Å². The first-order chi connectivity index (χ1) is 15.5. The van der Waals surface area contributed by atoms with Crippen LogP contribution in [-0.2, 0) is 0 Å². The van der Waals surface area contributed by atoms with Gasteiger partial charge in [-0.3, -0.25) is 4.90 Å². The molecule has 1 heterocycles. The molecule has 0 aromatic heterocycles. The smallest absolute Gasteiger partial charge is 0.126 e. The van der Waals surface area contributed by atoms with Crippen LogP contribution in [0.1, 0.15) is 29.2 Å². The Morgan fingerprint density at radius 3 is 2.25 bits per heavy atom. The normalized spacial score (nSPS) is 15.6. The molecular weight excluding hydrogens is 406 g/mol. The van der Waals surface area contributed by atoms with E-state index in [9.17, 15) is 8.78 Å². The average molecular weight is 437 g/mol. The van der Waals surface area contributed by atoms with Gasteiger partial charge in [0.05, 0.1) is 0 Å². The lowest BCUT2D eigenvalue weighted by molar-refractivity contribution is 0.160. The number of aryl methyl sites for hydroxylation is 2. The molecule has 3 aromatic rings. The lowest BCUT2D eigenvalue weighted by Gasteiger charge is -2.37. The number of piperazine rings is 1. The van der Waals surface area contributed by atoms with Crippen molar-refractivity contribution in [2.45, 2.75) is 26.4 Å². The van der Waals surface area contributed by atoms with E-state index < -0.39 is 0 Å². The zero-order valence-electron chi connectivity index (χ0n) is 18.7. The summed E-state index contributed by atoms with van der Waals surface area (Å²) in [6.07, 6.45) is 0.543. The first-order valence-electron chi connectivity index (χ1n) is 11.2. The SMILES string of the molecule is Cc1cc(O[C@H](CCN2CCN(c3ccccc3C)CC2)c2ccc(F)cc2)ccc1F. The van der Waals surface area contributed by atoms with Crippen molar-refractivity contribution < 1.29 is 13.5 Å². The Bertz CT molecular complexity index is 1030. The van der Waals surface area contributed by atoms with Crippen molar-refractivity contribution in [2.24, 2.45) is 0 Å². The summed E-state index contributed by atoms with van der Waals surface area (Å²) >= 11 is 0. The van der Waals surface area contributed by atoms with E-state index in [1.165, 1.54) is 29.4 Å². The number of ether oxygens (including phenoxy) is 1. The summed E-state index contributed by atoms with van der Waals surface area (Å²) in [6.45, 7) is 8.71. The summed E-state index contributed by atoms with van der Waals surface area (Å²) in [4.78, 5) is 4.89. The molecule has 1 aliphatic heterocycles. The lowest BCUT2D eigenvalue weighted by atomic mass is 10.1. The second-order valence-electron chi connectivity index (χ2n) is 8.47. The van der Waals surface area contributed by atoms with Crippen molar-refractivity contribution in [1.82, 2.24) is 4.90 Å². The predicted octanol–water partition coefficient (Wildman–Crippen LogP) is 5.91. The van der Waals surface area contributed by atoms with E-state index in [1.807, 2.05) is 0 Å². The molecule has 0 unspecified atom stereocenters. The maximum atomic E-state index is 13.7. The van der Waals surface area contributed by atoms with Gasteiger partial charge in [-0.25, -0.2) is 8.78 Å². The van der Waals surface area contributed by atoms with E-state index >= 15 is 0 Å².